The summed E-state index contributed by atoms with van der Waals surface area (Å²) in [5.41, 5.74) is 2.71. The molecule has 27 heavy (non-hydrogen) atoms. The molecule has 1 amide bonds. The van der Waals surface area contributed by atoms with Crippen LogP contribution in [0.5, 0.6) is 5.75 Å². The zero-order valence-electron chi connectivity index (χ0n) is 15.6. The minimum Gasteiger partial charge on any atom is -0.484 e. The molecule has 142 valence electrons. The van der Waals surface area contributed by atoms with E-state index >= 15 is 0 Å². The number of benzene rings is 1. The Morgan fingerprint density at radius 3 is 2.48 bits per heavy atom. The van der Waals surface area contributed by atoms with Crippen LogP contribution < -0.4 is 4.74 Å². The molecule has 0 radical (unpaired) electrons. The molecule has 0 bridgehead atoms. The number of aromatic nitrogens is 2. The van der Waals surface area contributed by atoms with Crippen LogP contribution in [-0.2, 0) is 16.1 Å². The summed E-state index contributed by atoms with van der Waals surface area (Å²) >= 11 is 0. The summed E-state index contributed by atoms with van der Waals surface area (Å²) in [4.78, 5) is 22.3. The third-order valence-corrected chi connectivity index (χ3v) is 4.03. The van der Waals surface area contributed by atoms with Crippen LogP contribution >= 0.6 is 0 Å². The van der Waals surface area contributed by atoms with Crippen molar-refractivity contribution in [2.45, 2.75) is 20.4 Å². The molecule has 0 unspecified atom stereocenters. The second kappa shape index (κ2) is 9.18. The third kappa shape index (κ3) is 5.82. The number of hydrogen-bond acceptors (Lipinski definition) is 7. The highest BCUT2D eigenvalue weighted by atomic mass is 16.5. The molecule has 8 nitrogen and oxygen atoms in total. The first-order valence-electron chi connectivity index (χ1n) is 8.87. The van der Waals surface area contributed by atoms with E-state index in [1.165, 1.54) is 0 Å². The van der Waals surface area contributed by atoms with Gasteiger partial charge in [0.2, 0.25) is 0 Å². The SMILES string of the molecule is Cc1cc(C)nc(N=NCc2ccc(OCC(=O)N3CCOCC3)cc2)n1. The van der Waals surface area contributed by atoms with Crippen LogP contribution in [0.25, 0.3) is 0 Å². The molecule has 0 saturated carbocycles. The summed E-state index contributed by atoms with van der Waals surface area (Å²) in [6.07, 6.45) is 0. The molecule has 2 heterocycles. The number of rotatable bonds is 6. The summed E-state index contributed by atoms with van der Waals surface area (Å²) in [7, 11) is 0. The highest BCUT2D eigenvalue weighted by Gasteiger charge is 2.17. The van der Waals surface area contributed by atoms with Gasteiger partial charge in [-0.15, -0.1) is 5.11 Å². The Balaban J connectivity index is 1.48. The average Bonchev–Trinajstić information content (AvgIpc) is 2.67. The Bertz CT molecular complexity index is 781. The fourth-order valence-electron chi connectivity index (χ4n) is 2.67. The minimum absolute atomic E-state index is 0.0235. The average molecular weight is 369 g/mol. The van der Waals surface area contributed by atoms with Crippen molar-refractivity contribution in [1.29, 1.82) is 0 Å². The van der Waals surface area contributed by atoms with Gasteiger partial charge < -0.3 is 14.4 Å². The quantitative estimate of drug-likeness (QED) is 0.730. The molecule has 1 aliphatic rings. The molecule has 2 aromatic rings. The zero-order valence-corrected chi connectivity index (χ0v) is 15.6. The Morgan fingerprint density at radius 1 is 1.15 bits per heavy atom. The zero-order chi connectivity index (χ0) is 19.1. The number of carbonyl (C=O) groups excluding carboxylic acids is 1. The fourth-order valence-corrected chi connectivity index (χ4v) is 2.67. The number of amides is 1. The van der Waals surface area contributed by atoms with Gasteiger partial charge in [0.25, 0.3) is 11.9 Å². The van der Waals surface area contributed by atoms with Gasteiger partial charge in [0.1, 0.15) is 5.75 Å². The number of hydrogen-bond donors (Lipinski definition) is 0. The molecular weight excluding hydrogens is 346 g/mol. The van der Waals surface area contributed by atoms with Crippen molar-refractivity contribution in [3.8, 4) is 5.75 Å². The predicted octanol–water partition coefficient (Wildman–Crippen LogP) is 2.61. The summed E-state index contributed by atoms with van der Waals surface area (Å²) < 4.78 is 10.8. The minimum atomic E-state index is -0.0235. The third-order valence-electron chi connectivity index (χ3n) is 4.03. The number of aryl methyl sites for hydroxylation is 2. The molecular formula is C19H23N5O3. The Hall–Kier alpha value is -2.87. The van der Waals surface area contributed by atoms with Gasteiger partial charge in [-0.3, -0.25) is 4.79 Å². The van der Waals surface area contributed by atoms with E-state index in [4.69, 9.17) is 9.47 Å². The first-order chi connectivity index (χ1) is 13.1. The van der Waals surface area contributed by atoms with Gasteiger partial charge >= 0.3 is 0 Å². The number of carbonyl (C=O) groups is 1. The summed E-state index contributed by atoms with van der Waals surface area (Å²) in [5.74, 6) is 0.994. The van der Waals surface area contributed by atoms with Crippen molar-refractivity contribution >= 4 is 11.9 Å². The van der Waals surface area contributed by atoms with Gasteiger partial charge in [-0.1, -0.05) is 12.1 Å². The van der Waals surface area contributed by atoms with Gasteiger partial charge in [-0.05, 0) is 37.6 Å². The maximum Gasteiger partial charge on any atom is 0.268 e. The van der Waals surface area contributed by atoms with E-state index in [9.17, 15) is 4.79 Å². The van der Waals surface area contributed by atoms with Gasteiger partial charge in [-0.2, -0.15) is 5.11 Å². The van der Waals surface area contributed by atoms with Crippen LogP contribution in [0.1, 0.15) is 17.0 Å². The summed E-state index contributed by atoms with van der Waals surface area (Å²) in [5, 5.41) is 8.21. The Kier molecular flexibility index (Phi) is 6.43. The van der Waals surface area contributed by atoms with E-state index < -0.39 is 0 Å². The van der Waals surface area contributed by atoms with Crippen molar-refractivity contribution in [2.24, 2.45) is 10.2 Å². The number of ether oxygens (including phenoxy) is 2. The van der Waals surface area contributed by atoms with Crippen LogP contribution in [-0.4, -0.2) is 53.7 Å². The maximum atomic E-state index is 12.1. The molecule has 8 heteroatoms. The Morgan fingerprint density at radius 2 is 1.81 bits per heavy atom. The maximum absolute atomic E-state index is 12.1. The fraction of sp³-hybridized carbons (Fsp3) is 0.421. The topological polar surface area (TPSA) is 89.3 Å². The molecule has 3 rings (SSSR count). The van der Waals surface area contributed by atoms with Gasteiger partial charge in [0.15, 0.2) is 6.61 Å². The lowest BCUT2D eigenvalue weighted by molar-refractivity contribution is -0.137. The van der Waals surface area contributed by atoms with Crippen LogP contribution in [0.15, 0.2) is 40.6 Å². The highest BCUT2D eigenvalue weighted by molar-refractivity contribution is 5.77. The first-order valence-corrected chi connectivity index (χ1v) is 8.87. The molecule has 1 aliphatic heterocycles. The first kappa shape index (κ1) is 18.9. The number of azo groups is 1. The largest absolute Gasteiger partial charge is 0.484 e. The second-order valence-corrected chi connectivity index (χ2v) is 6.28. The monoisotopic (exact) mass is 369 g/mol. The Labute approximate surface area is 158 Å². The normalized spacial score (nSPS) is 14.5. The molecule has 0 aliphatic carbocycles. The smallest absolute Gasteiger partial charge is 0.268 e. The van der Waals surface area contributed by atoms with E-state index in [2.05, 4.69) is 20.2 Å². The highest BCUT2D eigenvalue weighted by Crippen LogP contribution is 2.14. The molecule has 1 saturated heterocycles. The van der Waals surface area contributed by atoms with Crippen LogP contribution in [0.2, 0.25) is 0 Å². The van der Waals surface area contributed by atoms with Gasteiger partial charge in [-0.25, -0.2) is 9.97 Å². The van der Waals surface area contributed by atoms with Crippen LogP contribution in [0.4, 0.5) is 5.95 Å². The van der Waals surface area contributed by atoms with Crippen molar-refractivity contribution in [2.75, 3.05) is 32.9 Å². The van der Waals surface area contributed by atoms with Crippen molar-refractivity contribution in [3.05, 3.63) is 47.3 Å². The van der Waals surface area contributed by atoms with Crippen molar-refractivity contribution < 1.29 is 14.3 Å². The molecule has 1 aromatic heterocycles. The second-order valence-electron chi connectivity index (χ2n) is 6.28. The van der Waals surface area contributed by atoms with E-state index in [1.54, 1.807) is 4.90 Å². The van der Waals surface area contributed by atoms with E-state index in [0.717, 1.165) is 17.0 Å². The van der Waals surface area contributed by atoms with Crippen LogP contribution in [0, 0.1) is 13.8 Å². The lowest BCUT2D eigenvalue weighted by atomic mass is 10.2. The van der Waals surface area contributed by atoms with Crippen molar-refractivity contribution in [1.82, 2.24) is 14.9 Å². The van der Waals surface area contributed by atoms with Crippen LogP contribution in [0.3, 0.4) is 0 Å². The van der Waals surface area contributed by atoms with E-state index in [1.807, 2.05) is 44.2 Å². The van der Waals surface area contributed by atoms with E-state index in [0.29, 0.717) is 44.5 Å². The van der Waals surface area contributed by atoms with Gasteiger partial charge in [0.05, 0.1) is 19.8 Å². The number of morpholine rings is 1. The summed E-state index contributed by atoms with van der Waals surface area (Å²) in [6.45, 7) is 6.66. The summed E-state index contributed by atoms with van der Waals surface area (Å²) in [6, 6.07) is 9.34. The molecule has 1 aromatic carbocycles. The lowest BCUT2D eigenvalue weighted by Crippen LogP contribution is -2.42. The molecule has 0 atom stereocenters. The van der Waals surface area contributed by atoms with Crippen molar-refractivity contribution in [3.63, 3.8) is 0 Å². The lowest BCUT2D eigenvalue weighted by Gasteiger charge is -2.26. The standard InChI is InChI=1S/C19H23N5O3/c1-14-11-15(2)22-19(21-14)23-20-12-16-3-5-17(6-4-16)27-13-18(25)24-7-9-26-10-8-24/h3-6,11H,7-10,12-13H2,1-2H3. The van der Waals surface area contributed by atoms with E-state index in [-0.39, 0.29) is 12.5 Å². The molecule has 0 N–H and O–H groups in total. The molecule has 0 spiro atoms. The van der Waals surface area contributed by atoms with Gasteiger partial charge in [0, 0.05) is 24.5 Å². The predicted molar refractivity (Wildman–Crippen MR) is 99.1 cm³/mol. The number of nitrogens with zero attached hydrogens (tertiary/aromatic N) is 5. The molecule has 1 fully saturated rings.